The van der Waals surface area contributed by atoms with Gasteiger partial charge in [-0.2, -0.15) is 5.48 Å². The molecule has 0 aromatic heterocycles. The van der Waals surface area contributed by atoms with E-state index >= 15 is 0 Å². The Bertz CT molecular complexity index is 163. The van der Waals surface area contributed by atoms with Gasteiger partial charge in [0.1, 0.15) is 0 Å². The van der Waals surface area contributed by atoms with Gasteiger partial charge in [-0.05, 0) is 6.42 Å². The molecule has 0 heterocycles. The molecule has 8 heteroatoms. The fourth-order valence-electron chi connectivity index (χ4n) is 0.504. The molecule has 0 aliphatic heterocycles. The van der Waals surface area contributed by atoms with Gasteiger partial charge in [-0.25, -0.2) is 4.79 Å². The van der Waals surface area contributed by atoms with Gasteiger partial charge in [0.25, 0.3) is 0 Å². The van der Waals surface area contributed by atoms with Crippen LogP contribution in [0.3, 0.4) is 0 Å². The number of rotatable bonds is 7. The van der Waals surface area contributed by atoms with Gasteiger partial charge in [0, 0.05) is 0 Å². The minimum Gasteiger partial charge on any atom is -0.341 e. The van der Waals surface area contributed by atoms with Gasteiger partial charge in [0.15, 0.2) is 0 Å². The first-order valence-corrected chi connectivity index (χ1v) is 4.53. The molecule has 7 nitrogen and oxygen atoms in total. The Morgan fingerprint density at radius 3 is 2.77 bits per heavy atom. The smallest absolute Gasteiger partial charge is 0.332 e. The lowest BCUT2D eigenvalue weighted by molar-refractivity contribution is -0.154. The summed E-state index contributed by atoms with van der Waals surface area (Å²) in [5.41, 5.74) is 1.73. The highest BCUT2D eigenvalue weighted by Gasteiger charge is 2.04. The van der Waals surface area contributed by atoms with E-state index in [9.17, 15) is 9.59 Å². The van der Waals surface area contributed by atoms with E-state index in [0.717, 1.165) is 0 Å². The van der Waals surface area contributed by atoms with Gasteiger partial charge in [-0.1, -0.05) is 0 Å². The van der Waals surface area contributed by atoms with Gasteiger partial charge in [0.2, 0.25) is 6.41 Å². The lowest BCUT2D eigenvalue weighted by atomic mass is 10.3. The third-order valence-electron chi connectivity index (χ3n) is 0.953. The molecular formula is C5H10NO6P. The van der Waals surface area contributed by atoms with Gasteiger partial charge in [0.05, 0.1) is 13.0 Å². The highest BCUT2D eigenvalue weighted by atomic mass is 31.2. The van der Waals surface area contributed by atoms with Gasteiger partial charge in [-0.3, -0.25) is 4.79 Å². The van der Waals surface area contributed by atoms with Crippen molar-refractivity contribution in [2.24, 2.45) is 0 Å². The Kier molecular flexibility index (Phi) is 7.42. The summed E-state index contributed by atoms with van der Waals surface area (Å²) in [6.45, 7) is 0.0505. The van der Waals surface area contributed by atoms with Crippen molar-refractivity contribution in [1.82, 2.24) is 5.48 Å². The quantitative estimate of drug-likeness (QED) is 0.220. The average molecular weight is 211 g/mol. The SMILES string of the molecule is O=CNOC(=O)CCCOP(O)O. The Balaban J connectivity index is 3.21. The van der Waals surface area contributed by atoms with Gasteiger partial charge in [-0.15, -0.1) is 0 Å². The van der Waals surface area contributed by atoms with Gasteiger partial charge < -0.3 is 19.1 Å². The number of nitrogens with one attached hydrogen (secondary N) is 1. The van der Waals surface area contributed by atoms with Crippen molar-refractivity contribution >= 4 is 21.0 Å². The first kappa shape index (κ1) is 12.2. The summed E-state index contributed by atoms with van der Waals surface area (Å²) in [7, 11) is -2.37. The van der Waals surface area contributed by atoms with Crippen LogP contribution in [-0.4, -0.2) is 28.8 Å². The summed E-state index contributed by atoms with van der Waals surface area (Å²) in [6, 6.07) is 0. The topological polar surface area (TPSA) is 105 Å². The zero-order chi connectivity index (χ0) is 10.1. The minimum atomic E-state index is -2.37. The van der Waals surface area contributed by atoms with E-state index in [-0.39, 0.29) is 19.4 Å². The van der Waals surface area contributed by atoms with Crippen molar-refractivity contribution in [2.45, 2.75) is 12.8 Å². The maximum absolute atomic E-state index is 10.6. The highest BCUT2D eigenvalue weighted by Crippen LogP contribution is 2.24. The zero-order valence-electron chi connectivity index (χ0n) is 6.67. The number of hydrogen-bond donors (Lipinski definition) is 3. The van der Waals surface area contributed by atoms with E-state index in [2.05, 4.69) is 9.36 Å². The van der Waals surface area contributed by atoms with E-state index < -0.39 is 14.6 Å². The maximum Gasteiger partial charge on any atom is 0.332 e. The standard InChI is InChI=1S/C5H10NO6P/c7-4-6-12-5(8)2-1-3-11-13(9)10/h4,9-10H,1-3H2,(H,6,7). The van der Waals surface area contributed by atoms with Crippen molar-refractivity contribution in [2.75, 3.05) is 6.61 Å². The van der Waals surface area contributed by atoms with Crippen molar-refractivity contribution in [3.8, 4) is 0 Å². The largest absolute Gasteiger partial charge is 0.341 e. The van der Waals surface area contributed by atoms with E-state index in [4.69, 9.17) is 9.79 Å². The Labute approximate surface area is 75.6 Å². The second-order valence-electron chi connectivity index (χ2n) is 1.90. The molecule has 0 fully saturated rings. The predicted molar refractivity (Wildman–Crippen MR) is 41.8 cm³/mol. The molecule has 0 spiro atoms. The molecule has 3 N–H and O–H groups in total. The molecule has 0 atom stereocenters. The molecule has 0 aromatic carbocycles. The minimum absolute atomic E-state index is 0.0318. The lowest BCUT2D eigenvalue weighted by Crippen LogP contribution is -2.18. The van der Waals surface area contributed by atoms with E-state index in [0.29, 0.717) is 6.42 Å². The van der Waals surface area contributed by atoms with Crippen molar-refractivity contribution in [3.05, 3.63) is 0 Å². The molecule has 13 heavy (non-hydrogen) atoms. The van der Waals surface area contributed by atoms with E-state index in [1.54, 1.807) is 5.48 Å². The van der Waals surface area contributed by atoms with Crippen LogP contribution in [0.15, 0.2) is 0 Å². The fraction of sp³-hybridized carbons (Fsp3) is 0.600. The molecule has 1 amide bonds. The van der Waals surface area contributed by atoms with Crippen LogP contribution >= 0.6 is 8.60 Å². The van der Waals surface area contributed by atoms with Crippen LogP contribution in [0.5, 0.6) is 0 Å². The summed E-state index contributed by atoms with van der Waals surface area (Å²) < 4.78 is 4.37. The molecule has 0 unspecified atom stereocenters. The molecule has 0 aliphatic carbocycles. The third kappa shape index (κ3) is 9.16. The number of amides is 1. The lowest BCUT2D eigenvalue weighted by Gasteiger charge is -2.02. The van der Waals surface area contributed by atoms with Crippen LogP contribution in [-0.2, 0) is 19.0 Å². The van der Waals surface area contributed by atoms with Crippen LogP contribution in [0.2, 0.25) is 0 Å². The molecule has 0 bridgehead atoms. The Morgan fingerprint density at radius 2 is 2.23 bits per heavy atom. The van der Waals surface area contributed by atoms with E-state index in [1.807, 2.05) is 0 Å². The van der Waals surface area contributed by atoms with Crippen LogP contribution < -0.4 is 5.48 Å². The molecule has 0 radical (unpaired) electrons. The summed E-state index contributed by atoms with van der Waals surface area (Å²) in [5.74, 6) is -0.615. The third-order valence-corrected chi connectivity index (χ3v) is 1.37. The summed E-state index contributed by atoms with van der Waals surface area (Å²) in [6.07, 6.45) is 0.554. The van der Waals surface area contributed by atoms with Crippen molar-refractivity contribution in [1.29, 1.82) is 0 Å². The summed E-state index contributed by atoms with van der Waals surface area (Å²) >= 11 is 0. The Hall–Kier alpha value is -0.750. The highest BCUT2D eigenvalue weighted by molar-refractivity contribution is 7.39. The van der Waals surface area contributed by atoms with Crippen LogP contribution in [0.4, 0.5) is 0 Å². The molecule has 76 valence electrons. The number of hydroxylamine groups is 1. The molecule has 0 aromatic rings. The number of hydrogen-bond acceptors (Lipinski definition) is 6. The zero-order valence-corrected chi connectivity index (χ0v) is 7.57. The number of carbonyl (C=O) groups is 2. The van der Waals surface area contributed by atoms with Crippen molar-refractivity contribution < 1.29 is 28.7 Å². The first-order chi connectivity index (χ1) is 6.16. The van der Waals surface area contributed by atoms with Crippen LogP contribution in [0, 0.1) is 0 Å². The molecule has 0 aliphatic rings. The maximum atomic E-state index is 10.6. The second kappa shape index (κ2) is 7.88. The molecule has 0 rings (SSSR count). The van der Waals surface area contributed by atoms with E-state index in [1.165, 1.54) is 0 Å². The molecular weight excluding hydrogens is 201 g/mol. The Morgan fingerprint density at radius 1 is 1.54 bits per heavy atom. The summed E-state index contributed by atoms with van der Waals surface area (Å²) in [5, 5.41) is 0. The summed E-state index contributed by atoms with van der Waals surface area (Å²) in [4.78, 5) is 41.0. The fourth-order valence-corrected chi connectivity index (χ4v) is 0.796. The average Bonchev–Trinajstić information content (AvgIpc) is 2.08. The first-order valence-electron chi connectivity index (χ1n) is 3.36. The molecule has 0 saturated heterocycles. The molecule has 0 saturated carbocycles. The normalized spacial score (nSPS) is 9.77. The monoisotopic (exact) mass is 211 g/mol. The number of carbonyl (C=O) groups excluding carboxylic acids is 2. The predicted octanol–water partition coefficient (Wildman–Crippen LogP) is -0.801. The van der Waals surface area contributed by atoms with Crippen LogP contribution in [0.1, 0.15) is 12.8 Å². The van der Waals surface area contributed by atoms with Crippen molar-refractivity contribution in [3.63, 3.8) is 0 Å². The second-order valence-corrected chi connectivity index (χ2v) is 2.66. The van der Waals surface area contributed by atoms with Gasteiger partial charge >= 0.3 is 14.6 Å². The van der Waals surface area contributed by atoms with Crippen LogP contribution in [0.25, 0.3) is 0 Å².